The van der Waals surface area contributed by atoms with Crippen molar-refractivity contribution >= 4 is 34.5 Å². The number of benzene rings is 2. The van der Waals surface area contributed by atoms with Crippen LogP contribution in [0.5, 0.6) is 5.75 Å². The molecule has 0 atom stereocenters. The maximum Gasteiger partial charge on any atom is 0.252 e. The van der Waals surface area contributed by atoms with Crippen molar-refractivity contribution in [3.8, 4) is 5.75 Å². The van der Waals surface area contributed by atoms with Crippen molar-refractivity contribution in [2.24, 2.45) is 0 Å². The first-order valence-corrected chi connectivity index (χ1v) is 7.24. The van der Waals surface area contributed by atoms with E-state index in [1.165, 1.54) is 0 Å². The van der Waals surface area contributed by atoms with Crippen LogP contribution in [0.3, 0.4) is 0 Å². The zero-order valence-corrected chi connectivity index (χ0v) is 13.4. The molecule has 3 nitrogen and oxygen atoms in total. The Balaban J connectivity index is 2.09. The van der Waals surface area contributed by atoms with Gasteiger partial charge in [-0.05, 0) is 24.3 Å². The Hall–Kier alpha value is -1.46. The first-order valence-electron chi connectivity index (χ1n) is 6.00. The van der Waals surface area contributed by atoms with Crippen LogP contribution >= 0.6 is 28.6 Å². The summed E-state index contributed by atoms with van der Waals surface area (Å²) < 4.78 is 6.14. The predicted molar refractivity (Wildman–Crippen MR) is 85.6 cm³/mol. The molecule has 2 aromatic rings. The van der Waals surface area contributed by atoms with Crippen LogP contribution in [0.2, 0.25) is 0 Å². The van der Waals surface area contributed by atoms with Crippen molar-refractivity contribution in [2.45, 2.75) is 11.4 Å². The van der Waals surface area contributed by atoms with Crippen LogP contribution in [0.1, 0.15) is 15.9 Å². The summed E-state index contributed by atoms with van der Waals surface area (Å²) in [5, 5.41) is 2.87. The molecule has 1 N–H and O–H groups in total. The Morgan fingerprint density at radius 1 is 1.30 bits per heavy atom. The summed E-state index contributed by atoms with van der Waals surface area (Å²) in [6.07, 6.45) is 0. The molecular weight excluding hydrogens is 338 g/mol. The molecule has 0 saturated carbocycles. The highest BCUT2D eigenvalue weighted by Crippen LogP contribution is 2.20. The van der Waals surface area contributed by atoms with Crippen LogP contribution in [0.4, 0.5) is 0 Å². The zero-order valence-electron chi connectivity index (χ0n) is 10.9. The first kappa shape index (κ1) is 14.9. The van der Waals surface area contributed by atoms with Crippen molar-refractivity contribution in [2.75, 3.05) is 7.11 Å². The molecule has 0 fully saturated rings. The predicted octanol–water partition coefficient (Wildman–Crippen LogP) is 3.68. The molecular formula is C15H14BrNO2S. The minimum atomic E-state index is -0.159. The van der Waals surface area contributed by atoms with E-state index in [2.05, 4.69) is 33.9 Å². The second kappa shape index (κ2) is 6.81. The van der Waals surface area contributed by atoms with Gasteiger partial charge < -0.3 is 10.1 Å². The topological polar surface area (TPSA) is 38.3 Å². The van der Waals surface area contributed by atoms with Gasteiger partial charge in [0.2, 0.25) is 0 Å². The lowest BCUT2D eigenvalue weighted by Gasteiger charge is -2.10. The number of ether oxygens (including phenoxy) is 1. The highest BCUT2D eigenvalue weighted by molar-refractivity contribution is 9.10. The Kier molecular flexibility index (Phi) is 5.09. The standard InChI is InChI=1S/C15H14BrNO2S/c1-19-13-5-3-2-4-10(13)9-17-15(18)12-7-6-11(16)8-14(12)20/h2-8,20H,9H2,1H3,(H,17,18). The van der Waals surface area contributed by atoms with E-state index in [-0.39, 0.29) is 5.91 Å². The van der Waals surface area contributed by atoms with Crippen molar-refractivity contribution in [3.63, 3.8) is 0 Å². The van der Waals surface area contributed by atoms with Crippen LogP contribution in [0, 0.1) is 0 Å². The quantitative estimate of drug-likeness (QED) is 0.824. The van der Waals surface area contributed by atoms with E-state index in [1.54, 1.807) is 19.2 Å². The molecule has 0 aliphatic heterocycles. The van der Waals surface area contributed by atoms with Crippen molar-refractivity contribution in [3.05, 3.63) is 58.1 Å². The Morgan fingerprint density at radius 2 is 2.05 bits per heavy atom. The van der Waals surface area contributed by atoms with Gasteiger partial charge in [-0.15, -0.1) is 12.6 Å². The molecule has 0 heterocycles. The maximum absolute atomic E-state index is 12.1. The number of hydrogen-bond donors (Lipinski definition) is 2. The molecule has 1 amide bonds. The summed E-state index contributed by atoms with van der Waals surface area (Å²) in [6, 6.07) is 12.9. The van der Waals surface area contributed by atoms with Gasteiger partial charge in [0, 0.05) is 21.5 Å². The van der Waals surface area contributed by atoms with Crippen LogP contribution < -0.4 is 10.1 Å². The Labute approximate surface area is 131 Å². The molecule has 0 aromatic heterocycles. The van der Waals surface area contributed by atoms with E-state index in [0.717, 1.165) is 15.8 Å². The van der Waals surface area contributed by atoms with Gasteiger partial charge >= 0.3 is 0 Å². The van der Waals surface area contributed by atoms with Gasteiger partial charge in [-0.2, -0.15) is 0 Å². The van der Waals surface area contributed by atoms with Gasteiger partial charge in [0.15, 0.2) is 0 Å². The summed E-state index contributed by atoms with van der Waals surface area (Å²) in [7, 11) is 1.61. The summed E-state index contributed by atoms with van der Waals surface area (Å²) in [5.41, 5.74) is 1.48. The number of rotatable bonds is 4. The van der Waals surface area contributed by atoms with Crippen LogP contribution in [0.15, 0.2) is 51.8 Å². The summed E-state index contributed by atoms with van der Waals surface area (Å²) in [6.45, 7) is 0.409. The van der Waals surface area contributed by atoms with Gasteiger partial charge in [-0.1, -0.05) is 34.1 Å². The van der Waals surface area contributed by atoms with Crippen molar-refractivity contribution < 1.29 is 9.53 Å². The molecule has 20 heavy (non-hydrogen) atoms. The summed E-state index contributed by atoms with van der Waals surface area (Å²) in [4.78, 5) is 12.8. The van der Waals surface area contributed by atoms with E-state index in [9.17, 15) is 4.79 Å². The van der Waals surface area contributed by atoms with E-state index >= 15 is 0 Å². The van der Waals surface area contributed by atoms with Gasteiger partial charge in [0.25, 0.3) is 5.91 Å². The molecule has 2 rings (SSSR count). The molecule has 0 aliphatic rings. The normalized spacial score (nSPS) is 10.2. The summed E-state index contributed by atoms with van der Waals surface area (Å²) >= 11 is 7.65. The monoisotopic (exact) mass is 351 g/mol. The first-order chi connectivity index (χ1) is 9.61. The minimum absolute atomic E-state index is 0.159. The molecule has 2 aromatic carbocycles. The second-order valence-corrected chi connectivity index (χ2v) is 5.55. The fraction of sp³-hybridized carbons (Fsp3) is 0.133. The largest absolute Gasteiger partial charge is 0.496 e. The lowest BCUT2D eigenvalue weighted by Crippen LogP contribution is -2.23. The van der Waals surface area contributed by atoms with Gasteiger partial charge in [-0.3, -0.25) is 4.79 Å². The average Bonchev–Trinajstić information content (AvgIpc) is 2.45. The third kappa shape index (κ3) is 3.55. The fourth-order valence-corrected chi connectivity index (χ4v) is 2.67. The molecule has 0 radical (unpaired) electrons. The van der Waals surface area contributed by atoms with Gasteiger partial charge in [-0.25, -0.2) is 0 Å². The molecule has 104 valence electrons. The molecule has 0 unspecified atom stereocenters. The molecule has 0 spiro atoms. The molecule has 0 saturated heterocycles. The van der Waals surface area contributed by atoms with E-state index < -0.39 is 0 Å². The number of carbonyl (C=O) groups excluding carboxylic acids is 1. The molecule has 0 bridgehead atoms. The highest BCUT2D eigenvalue weighted by Gasteiger charge is 2.10. The number of methoxy groups -OCH3 is 1. The Morgan fingerprint density at radius 3 is 2.75 bits per heavy atom. The van der Waals surface area contributed by atoms with E-state index in [4.69, 9.17) is 4.74 Å². The van der Waals surface area contributed by atoms with Crippen LogP contribution in [0.25, 0.3) is 0 Å². The molecule has 5 heteroatoms. The third-order valence-corrected chi connectivity index (χ3v) is 3.70. The summed E-state index contributed by atoms with van der Waals surface area (Å²) in [5.74, 6) is 0.600. The highest BCUT2D eigenvalue weighted by atomic mass is 79.9. The number of amides is 1. The maximum atomic E-state index is 12.1. The average molecular weight is 352 g/mol. The Bertz CT molecular complexity index is 631. The molecule has 0 aliphatic carbocycles. The van der Waals surface area contributed by atoms with E-state index in [1.807, 2.05) is 30.3 Å². The zero-order chi connectivity index (χ0) is 14.5. The minimum Gasteiger partial charge on any atom is -0.496 e. The lowest BCUT2D eigenvalue weighted by atomic mass is 10.1. The van der Waals surface area contributed by atoms with Crippen LogP contribution in [-0.2, 0) is 6.54 Å². The SMILES string of the molecule is COc1ccccc1CNC(=O)c1ccc(Br)cc1S. The number of carbonyl (C=O) groups is 1. The number of hydrogen-bond acceptors (Lipinski definition) is 3. The van der Waals surface area contributed by atoms with Crippen molar-refractivity contribution in [1.82, 2.24) is 5.32 Å². The fourth-order valence-electron chi connectivity index (χ4n) is 1.82. The third-order valence-electron chi connectivity index (χ3n) is 2.84. The lowest BCUT2D eigenvalue weighted by molar-refractivity contribution is 0.0948. The number of para-hydroxylation sites is 1. The van der Waals surface area contributed by atoms with Crippen LogP contribution in [-0.4, -0.2) is 13.0 Å². The number of nitrogens with one attached hydrogen (secondary N) is 1. The smallest absolute Gasteiger partial charge is 0.252 e. The number of thiol groups is 1. The second-order valence-electron chi connectivity index (χ2n) is 4.16. The van der Waals surface area contributed by atoms with Gasteiger partial charge in [0.1, 0.15) is 5.75 Å². The van der Waals surface area contributed by atoms with E-state index in [0.29, 0.717) is 17.0 Å². The number of halogens is 1. The van der Waals surface area contributed by atoms with Crippen molar-refractivity contribution in [1.29, 1.82) is 0 Å². The van der Waals surface area contributed by atoms with Gasteiger partial charge in [0.05, 0.1) is 12.7 Å².